The van der Waals surface area contributed by atoms with Gasteiger partial charge in [0, 0.05) is 5.92 Å². The predicted molar refractivity (Wildman–Crippen MR) is 41.0 cm³/mol. The molecule has 0 unspecified atom stereocenters. The Labute approximate surface area is 64.9 Å². The van der Waals surface area contributed by atoms with Gasteiger partial charge in [-0.05, 0) is 19.8 Å². The van der Waals surface area contributed by atoms with E-state index < -0.39 is 0 Å². The van der Waals surface area contributed by atoms with Gasteiger partial charge in [-0.2, -0.15) is 9.97 Å². The molecule has 11 heavy (non-hydrogen) atoms. The average Bonchev–Trinajstić information content (AvgIpc) is 2.64. The van der Waals surface area contributed by atoms with E-state index in [0.29, 0.717) is 11.9 Å². The molecule has 1 saturated carbocycles. The maximum Gasteiger partial charge on any atom is 0.223 e. The van der Waals surface area contributed by atoms with Gasteiger partial charge in [0.05, 0.1) is 0 Å². The zero-order chi connectivity index (χ0) is 7.84. The predicted octanol–water partition coefficient (Wildman–Crippen LogP) is 0.640. The Kier molecular flexibility index (Phi) is 1.27. The van der Waals surface area contributed by atoms with Crippen LogP contribution >= 0.6 is 0 Å². The van der Waals surface area contributed by atoms with Crippen molar-refractivity contribution in [2.45, 2.75) is 25.7 Å². The molecule has 2 rings (SSSR count). The summed E-state index contributed by atoms with van der Waals surface area (Å²) in [5.41, 5.74) is 5.46. The molecular formula is C7H10N4. The minimum Gasteiger partial charge on any atom is -0.368 e. The van der Waals surface area contributed by atoms with Gasteiger partial charge in [-0.15, -0.1) is 0 Å². The molecular weight excluding hydrogens is 140 g/mol. The fraction of sp³-hybridized carbons (Fsp3) is 0.571. The number of aromatic nitrogens is 3. The Hall–Kier alpha value is -1.19. The van der Waals surface area contributed by atoms with Gasteiger partial charge in [0.1, 0.15) is 11.6 Å². The first-order valence-corrected chi connectivity index (χ1v) is 3.74. The molecule has 0 aliphatic heterocycles. The second kappa shape index (κ2) is 2.15. The minimum absolute atomic E-state index is 0.347. The maximum atomic E-state index is 5.46. The number of hydrogen-bond acceptors (Lipinski definition) is 4. The van der Waals surface area contributed by atoms with Crippen LogP contribution in [0.15, 0.2) is 0 Å². The van der Waals surface area contributed by atoms with E-state index in [0.717, 1.165) is 11.6 Å². The number of nitrogens with zero attached hydrogens (tertiary/aromatic N) is 3. The van der Waals surface area contributed by atoms with Crippen molar-refractivity contribution >= 4 is 5.95 Å². The first kappa shape index (κ1) is 6.52. The fourth-order valence-corrected chi connectivity index (χ4v) is 1.05. The molecule has 0 radical (unpaired) electrons. The highest BCUT2D eigenvalue weighted by atomic mass is 15.1. The summed E-state index contributed by atoms with van der Waals surface area (Å²) >= 11 is 0. The molecule has 2 N–H and O–H groups in total. The zero-order valence-electron chi connectivity index (χ0n) is 6.41. The summed E-state index contributed by atoms with van der Waals surface area (Å²) in [4.78, 5) is 12.1. The lowest BCUT2D eigenvalue weighted by Crippen LogP contribution is -2.03. The molecule has 1 heterocycles. The molecule has 0 bridgehead atoms. The van der Waals surface area contributed by atoms with Crippen molar-refractivity contribution in [2.24, 2.45) is 0 Å². The van der Waals surface area contributed by atoms with Crippen LogP contribution in [0.25, 0.3) is 0 Å². The third kappa shape index (κ3) is 1.29. The highest BCUT2D eigenvalue weighted by Gasteiger charge is 2.26. The van der Waals surface area contributed by atoms with Gasteiger partial charge in [0.25, 0.3) is 0 Å². The summed E-state index contributed by atoms with van der Waals surface area (Å²) in [5.74, 6) is 2.49. The van der Waals surface area contributed by atoms with Crippen LogP contribution in [-0.2, 0) is 0 Å². The molecule has 1 aromatic rings. The lowest BCUT2D eigenvalue weighted by Gasteiger charge is -1.98. The van der Waals surface area contributed by atoms with Crippen LogP contribution in [0.3, 0.4) is 0 Å². The molecule has 0 amide bonds. The van der Waals surface area contributed by atoms with Crippen molar-refractivity contribution < 1.29 is 0 Å². The van der Waals surface area contributed by atoms with E-state index in [1.54, 1.807) is 0 Å². The quantitative estimate of drug-likeness (QED) is 0.638. The molecule has 0 spiro atoms. The van der Waals surface area contributed by atoms with E-state index >= 15 is 0 Å². The molecule has 0 aromatic carbocycles. The smallest absolute Gasteiger partial charge is 0.223 e. The average molecular weight is 150 g/mol. The van der Waals surface area contributed by atoms with Gasteiger partial charge >= 0.3 is 0 Å². The van der Waals surface area contributed by atoms with Crippen LogP contribution in [0.4, 0.5) is 5.95 Å². The minimum atomic E-state index is 0.347. The fourth-order valence-electron chi connectivity index (χ4n) is 1.05. The Morgan fingerprint density at radius 3 is 2.55 bits per heavy atom. The lowest BCUT2D eigenvalue weighted by molar-refractivity contribution is 0.863. The van der Waals surface area contributed by atoms with E-state index in [1.165, 1.54) is 12.8 Å². The number of nitrogens with two attached hydrogens (primary N) is 1. The third-order valence-corrected chi connectivity index (χ3v) is 1.72. The summed E-state index contributed by atoms with van der Waals surface area (Å²) in [5, 5.41) is 0. The summed E-state index contributed by atoms with van der Waals surface area (Å²) in [7, 11) is 0. The molecule has 0 atom stereocenters. The topological polar surface area (TPSA) is 64.7 Å². The number of hydrogen-bond donors (Lipinski definition) is 1. The first-order chi connectivity index (χ1) is 5.25. The Bertz CT molecular complexity index is 260. The molecule has 4 nitrogen and oxygen atoms in total. The van der Waals surface area contributed by atoms with Crippen molar-refractivity contribution in [3.8, 4) is 0 Å². The second-order valence-electron chi connectivity index (χ2n) is 2.87. The van der Waals surface area contributed by atoms with Crippen molar-refractivity contribution in [1.29, 1.82) is 0 Å². The maximum absolute atomic E-state index is 5.46. The van der Waals surface area contributed by atoms with Gasteiger partial charge in [0.15, 0.2) is 0 Å². The first-order valence-electron chi connectivity index (χ1n) is 3.74. The standard InChI is InChI=1S/C7H10N4/c1-4-9-6(5-2-3-5)11-7(8)10-4/h5H,2-3H2,1H3,(H2,8,9,10,11). The highest BCUT2D eigenvalue weighted by molar-refractivity contribution is 5.18. The van der Waals surface area contributed by atoms with Crippen LogP contribution < -0.4 is 5.73 Å². The summed E-state index contributed by atoms with van der Waals surface area (Å²) in [6.45, 7) is 1.84. The Morgan fingerprint density at radius 2 is 2.00 bits per heavy atom. The van der Waals surface area contributed by atoms with E-state index in [9.17, 15) is 0 Å². The number of nitrogen functional groups attached to an aromatic ring is 1. The summed E-state index contributed by atoms with van der Waals surface area (Å²) in [6.07, 6.45) is 2.39. The van der Waals surface area contributed by atoms with Crippen LogP contribution in [0.1, 0.15) is 30.4 Å². The van der Waals surface area contributed by atoms with Gasteiger partial charge in [-0.3, -0.25) is 0 Å². The summed E-state index contributed by atoms with van der Waals surface area (Å²) < 4.78 is 0. The van der Waals surface area contributed by atoms with Gasteiger partial charge in [-0.25, -0.2) is 4.98 Å². The van der Waals surface area contributed by atoms with Crippen LogP contribution in [0.5, 0.6) is 0 Å². The molecule has 1 aliphatic carbocycles. The van der Waals surface area contributed by atoms with Crippen molar-refractivity contribution in [3.63, 3.8) is 0 Å². The molecule has 1 aromatic heterocycles. The molecule has 0 saturated heterocycles. The van der Waals surface area contributed by atoms with Crippen LogP contribution in [-0.4, -0.2) is 15.0 Å². The second-order valence-corrected chi connectivity index (χ2v) is 2.87. The monoisotopic (exact) mass is 150 g/mol. The number of rotatable bonds is 1. The molecule has 1 fully saturated rings. The van der Waals surface area contributed by atoms with Gasteiger partial charge in [-0.1, -0.05) is 0 Å². The lowest BCUT2D eigenvalue weighted by atomic mass is 10.4. The highest BCUT2D eigenvalue weighted by Crippen LogP contribution is 2.37. The third-order valence-electron chi connectivity index (χ3n) is 1.72. The molecule has 1 aliphatic rings. The van der Waals surface area contributed by atoms with Gasteiger partial charge < -0.3 is 5.73 Å². The Balaban J connectivity index is 2.39. The van der Waals surface area contributed by atoms with E-state index in [2.05, 4.69) is 15.0 Å². The van der Waals surface area contributed by atoms with E-state index in [1.807, 2.05) is 6.92 Å². The van der Waals surface area contributed by atoms with Crippen molar-refractivity contribution in [2.75, 3.05) is 5.73 Å². The van der Waals surface area contributed by atoms with Crippen molar-refractivity contribution in [1.82, 2.24) is 15.0 Å². The van der Waals surface area contributed by atoms with Crippen molar-refractivity contribution in [3.05, 3.63) is 11.6 Å². The Morgan fingerprint density at radius 1 is 1.27 bits per heavy atom. The largest absolute Gasteiger partial charge is 0.368 e. The SMILES string of the molecule is Cc1nc(N)nc(C2CC2)n1. The summed E-state index contributed by atoms with van der Waals surface area (Å²) in [6, 6.07) is 0. The van der Waals surface area contributed by atoms with Crippen LogP contribution in [0.2, 0.25) is 0 Å². The molecule has 4 heteroatoms. The molecule has 58 valence electrons. The number of anilines is 1. The van der Waals surface area contributed by atoms with E-state index in [-0.39, 0.29) is 0 Å². The van der Waals surface area contributed by atoms with Crippen LogP contribution in [0, 0.1) is 6.92 Å². The number of aryl methyl sites for hydroxylation is 1. The zero-order valence-corrected chi connectivity index (χ0v) is 6.41. The van der Waals surface area contributed by atoms with Gasteiger partial charge in [0.2, 0.25) is 5.95 Å². The normalized spacial score (nSPS) is 16.8. The van der Waals surface area contributed by atoms with E-state index in [4.69, 9.17) is 5.73 Å².